The highest BCUT2D eigenvalue weighted by molar-refractivity contribution is 5.83. The van der Waals surface area contributed by atoms with Gasteiger partial charge in [-0.15, -0.1) is 0 Å². The Labute approximate surface area is 155 Å². The molecule has 2 unspecified atom stereocenters. The molecule has 0 amide bonds. The monoisotopic (exact) mass is 372 g/mol. The summed E-state index contributed by atoms with van der Waals surface area (Å²) in [6, 6.07) is 6.90. The molecule has 142 valence electrons. The molecular weight excluding hydrogens is 352 g/mol. The maximum absolute atomic E-state index is 11.8. The van der Waals surface area contributed by atoms with Gasteiger partial charge < -0.3 is 20.2 Å². The van der Waals surface area contributed by atoms with Gasteiger partial charge >= 0.3 is 11.6 Å². The zero-order chi connectivity index (χ0) is 19.4. The van der Waals surface area contributed by atoms with Crippen molar-refractivity contribution in [1.29, 1.82) is 0 Å². The van der Waals surface area contributed by atoms with Crippen LogP contribution in [0, 0.1) is 10.1 Å². The number of rotatable bonds is 5. The Bertz CT molecular complexity index is 849. The van der Waals surface area contributed by atoms with Gasteiger partial charge in [0.05, 0.1) is 23.3 Å². The highest BCUT2D eigenvalue weighted by Crippen LogP contribution is 2.37. The summed E-state index contributed by atoms with van der Waals surface area (Å²) >= 11 is 0. The van der Waals surface area contributed by atoms with Crippen molar-refractivity contribution in [3.63, 3.8) is 0 Å². The molecule has 1 aliphatic rings. The van der Waals surface area contributed by atoms with E-state index in [1.807, 2.05) is 18.7 Å². The first kappa shape index (κ1) is 18.5. The minimum atomic E-state index is -0.533. The number of nitro groups is 1. The zero-order valence-corrected chi connectivity index (χ0v) is 15.0. The van der Waals surface area contributed by atoms with Crippen molar-refractivity contribution in [2.24, 2.45) is 10.9 Å². The molecule has 0 aliphatic carbocycles. The average molecular weight is 372 g/mol. The maximum Gasteiger partial charge on any atom is 0.373 e. The van der Waals surface area contributed by atoms with Gasteiger partial charge in [-0.3, -0.25) is 10.1 Å². The quantitative estimate of drug-likeness (QED) is 0.365. The van der Waals surface area contributed by atoms with E-state index in [0.29, 0.717) is 24.4 Å². The molecule has 0 bridgehead atoms. The lowest BCUT2D eigenvalue weighted by Gasteiger charge is -2.35. The van der Waals surface area contributed by atoms with Gasteiger partial charge in [-0.05, 0) is 26.0 Å². The number of benzene rings is 1. The van der Waals surface area contributed by atoms with Crippen LogP contribution >= 0.6 is 0 Å². The largest absolute Gasteiger partial charge is 0.433 e. The molecule has 0 saturated carbocycles. The Kier molecular flexibility index (Phi) is 5.46. The van der Waals surface area contributed by atoms with Crippen LogP contribution in [0.25, 0.3) is 0 Å². The van der Waals surface area contributed by atoms with Gasteiger partial charge in [-0.2, -0.15) is 10.1 Å². The van der Waals surface area contributed by atoms with Crippen LogP contribution in [0.3, 0.4) is 0 Å². The molecule has 0 spiro atoms. The number of nitrogens with two attached hydrogens (primary N) is 1. The Morgan fingerprint density at radius 3 is 2.70 bits per heavy atom. The average Bonchev–Trinajstić information content (AvgIpc) is 2.62. The third-order valence-corrected chi connectivity index (χ3v) is 4.01. The first-order valence-corrected chi connectivity index (χ1v) is 8.39. The van der Waals surface area contributed by atoms with E-state index in [-0.39, 0.29) is 29.6 Å². The molecule has 2 atom stereocenters. The number of aromatic nitrogens is 2. The predicted octanol–water partition coefficient (Wildman–Crippen LogP) is 2.08. The molecule has 0 radical (unpaired) electrons. The van der Waals surface area contributed by atoms with Gasteiger partial charge in [0, 0.05) is 18.7 Å². The summed E-state index contributed by atoms with van der Waals surface area (Å²) in [5.41, 5.74) is 0.279. The van der Waals surface area contributed by atoms with Crippen molar-refractivity contribution in [3.8, 4) is 11.6 Å². The van der Waals surface area contributed by atoms with E-state index in [2.05, 4.69) is 15.1 Å². The summed E-state index contributed by atoms with van der Waals surface area (Å²) in [4.78, 5) is 21.2. The smallest absolute Gasteiger partial charge is 0.373 e. The number of para-hydroxylation sites is 1. The van der Waals surface area contributed by atoms with Crippen molar-refractivity contribution >= 4 is 17.7 Å². The summed E-state index contributed by atoms with van der Waals surface area (Å²) in [5.74, 6) is 5.62. The molecular formula is C17H20N6O4. The molecule has 2 heterocycles. The summed E-state index contributed by atoms with van der Waals surface area (Å²) in [6.07, 6.45) is 2.50. The summed E-state index contributed by atoms with van der Waals surface area (Å²) in [7, 11) is 0. The summed E-state index contributed by atoms with van der Waals surface area (Å²) in [5, 5.41) is 15.3. The summed E-state index contributed by atoms with van der Waals surface area (Å²) in [6.45, 7) is 4.79. The Morgan fingerprint density at radius 2 is 2.04 bits per heavy atom. The van der Waals surface area contributed by atoms with E-state index in [4.69, 9.17) is 15.3 Å². The molecule has 1 saturated heterocycles. The van der Waals surface area contributed by atoms with Crippen molar-refractivity contribution < 1.29 is 14.4 Å². The van der Waals surface area contributed by atoms with E-state index in [9.17, 15) is 10.1 Å². The second-order valence-electron chi connectivity index (χ2n) is 6.19. The number of nitrogens with zero attached hydrogens (tertiary/aromatic N) is 5. The first-order chi connectivity index (χ1) is 13.0. The first-order valence-electron chi connectivity index (χ1n) is 8.39. The fourth-order valence-electron chi connectivity index (χ4n) is 3.04. The fraction of sp³-hybridized carbons (Fsp3) is 0.353. The Morgan fingerprint density at radius 1 is 1.33 bits per heavy atom. The van der Waals surface area contributed by atoms with Crippen molar-refractivity contribution in [3.05, 3.63) is 46.3 Å². The zero-order valence-electron chi connectivity index (χ0n) is 15.0. The number of hydrogen-bond donors (Lipinski definition) is 1. The molecule has 1 fully saturated rings. The van der Waals surface area contributed by atoms with Crippen molar-refractivity contribution in [2.75, 3.05) is 18.0 Å². The Hall–Kier alpha value is -3.27. The second-order valence-corrected chi connectivity index (χ2v) is 6.19. The molecule has 2 N–H and O–H groups in total. The SMILES string of the molecule is CC1CN(c2ncnc(Oc3ccccc3C=NN)c2[N+](=O)[O-])CC(C)O1. The third-order valence-electron chi connectivity index (χ3n) is 4.01. The fourth-order valence-corrected chi connectivity index (χ4v) is 3.04. The van der Waals surface area contributed by atoms with Crippen LogP contribution in [0.1, 0.15) is 19.4 Å². The molecule has 1 aromatic heterocycles. The van der Waals surface area contributed by atoms with Gasteiger partial charge in [-0.1, -0.05) is 12.1 Å². The van der Waals surface area contributed by atoms with E-state index >= 15 is 0 Å². The molecule has 10 nitrogen and oxygen atoms in total. The standard InChI is InChI=1S/C17H20N6O4/c1-11-8-22(9-12(2)26-11)16-15(23(24)25)17(20-10-19-16)27-14-6-4-3-5-13(14)7-21-18/h3-7,10-12H,8-9,18H2,1-2H3. The number of ether oxygens (including phenoxy) is 2. The van der Waals surface area contributed by atoms with E-state index in [1.165, 1.54) is 12.5 Å². The number of morpholine rings is 1. The van der Waals surface area contributed by atoms with Gasteiger partial charge in [0.15, 0.2) is 0 Å². The minimum Gasteiger partial charge on any atom is -0.433 e. The third kappa shape index (κ3) is 4.11. The van der Waals surface area contributed by atoms with Crippen LogP contribution in [-0.2, 0) is 4.74 Å². The van der Waals surface area contributed by atoms with Crippen LogP contribution < -0.4 is 15.5 Å². The van der Waals surface area contributed by atoms with Gasteiger partial charge in [-0.25, -0.2) is 4.98 Å². The molecule has 10 heteroatoms. The van der Waals surface area contributed by atoms with Crippen LogP contribution in [-0.4, -0.2) is 46.4 Å². The highest BCUT2D eigenvalue weighted by Gasteiger charge is 2.32. The van der Waals surface area contributed by atoms with Crippen molar-refractivity contribution in [2.45, 2.75) is 26.1 Å². The lowest BCUT2D eigenvalue weighted by molar-refractivity contribution is -0.385. The van der Waals surface area contributed by atoms with Gasteiger partial charge in [0.1, 0.15) is 12.1 Å². The number of hydrogen-bond acceptors (Lipinski definition) is 9. The van der Waals surface area contributed by atoms with Gasteiger partial charge in [0.2, 0.25) is 5.82 Å². The van der Waals surface area contributed by atoms with Crippen molar-refractivity contribution in [1.82, 2.24) is 9.97 Å². The lowest BCUT2D eigenvalue weighted by atomic mass is 10.2. The van der Waals surface area contributed by atoms with Crippen LogP contribution in [0.2, 0.25) is 0 Å². The maximum atomic E-state index is 11.8. The molecule has 2 aromatic rings. The lowest BCUT2D eigenvalue weighted by Crippen LogP contribution is -2.46. The van der Waals surface area contributed by atoms with E-state index < -0.39 is 4.92 Å². The van der Waals surface area contributed by atoms with Gasteiger partial charge in [0.25, 0.3) is 0 Å². The number of hydrazone groups is 1. The topological polar surface area (TPSA) is 129 Å². The number of anilines is 1. The Balaban J connectivity index is 2.01. The van der Waals surface area contributed by atoms with Crippen LogP contribution in [0.5, 0.6) is 11.6 Å². The molecule has 3 rings (SSSR count). The highest BCUT2D eigenvalue weighted by atomic mass is 16.6. The molecule has 1 aromatic carbocycles. The van der Waals surface area contributed by atoms with E-state index in [0.717, 1.165) is 0 Å². The second kappa shape index (κ2) is 7.96. The molecule has 1 aliphatic heterocycles. The van der Waals surface area contributed by atoms with Crippen LogP contribution in [0.15, 0.2) is 35.7 Å². The van der Waals surface area contributed by atoms with Crippen LogP contribution in [0.4, 0.5) is 11.5 Å². The predicted molar refractivity (Wildman–Crippen MR) is 99.2 cm³/mol. The summed E-state index contributed by atoms with van der Waals surface area (Å²) < 4.78 is 11.4. The molecule has 27 heavy (non-hydrogen) atoms. The normalized spacial score (nSPS) is 20.0. The minimum absolute atomic E-state index is 0.0748. The van der Waals surface area contributed by atoms with E-state index in [1.54, 1.807) is 24.3 Å².